The van der Waals surface area contributed by atoms with Crippen LogP contribution in [0.2, 0.25) is 0 Å². The molecule has 0 saturated heterocycles. The second-order valence-corrected chi connectivity index (χ2v) is 5.82. The smallest absolute Gasteiger partial charge is 0.382 e. The Balaban J connectivity index is 2.26. The molecule has 0 aromatic carbocycles. The number of anilines is 1. The summed E-state index contributed by atoms with van der Waals surface area (Å²) in [6.07, 6.45) is -4.04. The van der Waals surface area contributed by atoms with E-state index in [9.17, 15) is 13.2 Å². The van der Waals surface area contributed by atoms with Crippen LogP contribution in [-0.2, 0) is 5.41 Å². The number of aliphatic hydroxyl groups excluding tert-OH is 1. The van der Waals surface area contributed by atoms with E-state index in [1.807, 2.05) is 20.8 Å². The van der Waals surface area contributed by atoms with E-state index in [-0.39, 0.29) is 11.2 Å². The van der Waals surface area contributed by atoms with E-state index >= 15 is 0 Å². The number of fused-ring (bicyclic) bond motifs is 1. The SMILES string of the molecule is CC(C)(C)c1cc2c(NCC(O)C(F)(F)F)nccn2n1. The summed E-state index contributed by atoms with van der Waals surface area (Å²) in [5, 5.41) is 15.9. The van der Waals surface area contributed by atoms with Crippen LogP contribution < -0.4 is 5.32 Å². The van der Waals surface area contributed by atoms with Crippen molar-refractivity contribution in [1.82, 2.24) is 14.6 Å². The van der Waals surface area contributed by atoms with Crippen LogP contribution in [0.5, 0.6) is 0 Å². The van der Waals surface area contributed by atoms with Crippen LogP contribution in [0.1, 0.15) is 26.5 Å². The predicted molar refractivity (Wildman–Crippen MR) is 72.2 cm³/mol. The summed E-state index contributed by atoms with van der Waals surface area (Å²) in [4.78, 5) is 4.01. The molecule has 0 aliphatic carbocycles. The highest BCUT2D eigenvalue weighted by Gasteiger charge is 2.38. The second kappa shape index (κ2) is 5.18. The summed E-state index contributed by atoms with van der Waals surface area (Å²) in [5.74, 6) is 0.254. The highest BCUT2D eigenvalue weighted by molar-refractivity contribution is 5.68. The first-order chi connectivity index (χ1) is 9.59. The standard InChI is InChI=1S/C13H17F3N4O/c1-12(2,3)9-6-8-11(17-4-5-20(8)19-9)18-7-10(21)13(14,15)16/h4-6,10,21H,7H2,1-3H3,(H,17,18). The largest absolute Gasteiger partial charge is 0.416 e. The van der Waals surface area contributed by atoms with Crippen LogP contribution in [0, 0.1) is 0 Å². The average Bonchev–Trinajstić information content (AvgIpc) is 2.78. The summed E-state index contributed by atoms with van der Waals surface area (Å²) in [6, 6.07) is 1.77. The maximum absolute atomic E-state index is 12.3. The highest BCUT2D eigenvalue weighted by atomic mass is 19.4. The van der Waals surface area contributed by atoms with Crippen molar-refractivity contribution in [2.24, 2.45) is 0 Å². The lowest BCUT2D eigenvalue weighted by molar-refractivity contribution is -0.198. The lowest BCUT2D eigenvalue weighted by Crippen LogP contribution is -2.35. The third-order valence-electron chi connectivity index (χ3n) is 3.00. The second-order valence-electron chi connectivity index (χ2n) is 5.82. The third-order valence-corrected chi connectivity index (χ3v) is 3.00. The lowest BCUT2D eigenvalue weighted by Gasteiger charge is -2.15. The van der Waals surface area contributed by atoms with E-state index < -0.39 is 18.8 Å². The molecular formula is C13H17F3N4O. The zero-order valence-electron chi connectivity index (χ0n) is 11.9. The molecule has 2 aromatic heterocycles. The van der Waals surface area contributed by atoms with E-state index in [0.29, 0.717) is 5.52 Å². The molecule has 0 aliphatic rings. The molecule has 21 heavy (non-hydrogen) atoms. The third kappa shape index (κ3) is 3.44. The molecule has 2 aromatic rings. The van der Waals surface area contributed by atoms with Crippen molar-refractivity contribution in [3.05, 3.63) is 24.2 Å². The first kappa shape index (κ1) is 15.6. The molecule has 0 radical (unpaired) electrons. The molecule has 2 heterocycles. The van der Waals surface area contributed by atoms with Gasteiger partial charge in [-0.05, 0) is 6.07 Å². The number of nitrogens with one attached hydrogen (secondary N) is 1. The molecule has 0 amide bonds. The Kier molecular flexibility index (Phi) is 3.83. The average molecular weight is 302 g/mol. The Hall–Kier alpha value is -1.83. The summed E-state index contributed by atoms with van der Waals surface area (Å²) in [7, 11) is 0. The van der Waals surface area contributed by atoms with Crippen LogP contribution in [0.3, 0.4) is 0 Å². The fourth-order valence-corrected chi connectivity index (χ4v) is 1.73. The Morgan fingerprint density at radius 3 is 2.57 bits per heavy atom. The van der Waals surface area contributed by atoms with Gasteiger partial charge < -0.3 is 10.4 Å². The van der Waals surface area contributed by atoms with Crippen molar-refractivity contribution in [3.63, 3.8) is 0 Å². The Morgan fingerprint density at radius 1 is 1.33 bits per heavy atom. The highest BCUT2D eigenvalue weighted by Crippen LogP contribution is 2.25. The molecule has 1 unspecified atom stereocenters. The summed E-state index contributed by atoms with van der Waals surface area (Å²) >= 11 is 0. The number of aromatic nitrogens is 3. The fourth-order valence-electron chi connectivity index (χ4n) is 1.73. The van der Waals surface area contributed by atoms with Gasteiger partial charge in [0.1, 0.15) is 5.52 Å². The molecule has 116 valence electrons. The molecule has 2 N–H and O–H groups in total. The fraction of sp³-hybridized carbons (Fsp3) is 0.538. The van der Waals surface area contributed by atoms with Crippen molar-refractivity contribution >= 4 is 11.3 Å². The monoisotopic (exact) mass is 302 g/mol. The van der Waals surface area contributed by atoms with E-state index in [2.05, 4.69) is 15.4 Å². The summed E-state index contributed by atoms with van der Waals surface area (Å²) < 4.78 is 38.4. The van der Waals surface area contributed by atoms with Gasteiger partial charge in [-0.1, -0.05) is 20.8 Å². The minimum absolute atomic E-state index is 0.186. The van der Waals surface area contributed by atoms with Gasteiger partial charge in [0.2, 0.25) is 0 Å². The number of aliphatic hydroxyl groups is 1. The minimum Gasteiger partial charge on any atom is -0.382 e. The van der Waals surface area contributed by atoms with Gasteiger partial charge in [0.25, 0.3) is 0 Å². The van der Waals surface area contributed by atoms with Gasteiger partial charge in [0, 0.05) is 17.8 Å². The van der Waals surface area contributed by atoms with Crippen LogP contribution in [0.25, 0.3) is 5.52 Å². The van der Waals surface area contributed by atoms with Crippen molar-refractivity contribution in [2.75, 3.05) is 11.9 Å². The van der Waals surface area contributed by atoms with Crippen molar-refractivity contribution < 1.29 is 18.3 Å². The van der Waals surface area contributed by atoms with E-state index in [4.69, 9.17) is 5.11 Å². The van der Waals surface area contributed by atoms with E-state index in [0.717, 1.165) is 5.69 Å². The Labute approximate surface area is 119 Å². The minimum atomic E-state index is -4.66. The number of nitrogens with zero attached hydrogens (tertiary/aromatic N) is 3. The van der Waals surface area contributed by atoms with Crippen molar-refractivity contribution in [2.45, 2.75) is 38.5 Å². The molecule has 8 heteroatoms. The number of alkyl halides is 3. The molecular weight excluding hydrogens is 285 g/mol. The number of hydrogen-bond donors (Lipinski definition) is 2. The molecule has 0 fully saturated rings. The zero-order chi connectivity index (χ0) is 15.8. The Morgan fingerprint density at radius 2 is 2.00 bits per heavy atom. The summed E-state index contributed by atoms with van der Waals surface area (Å²) in [5.41, 5.74) is 1.18. The van der Waals surface area contributed by atoms with Gasteiger partial charge in [-0.2, -0.15) is 18.3 Å². The van der Waals surface area contributed by atoms with Crippen LogP contribution in [-0.4, -0.2) is 38.5 Å². The van der Waals surface area contributed by atoms with Crippen LogP contribution in [0.15, 0.2) is 18.5 Å². The van der Waals surface area contributed by atoms with Crippen molar-refractivity contribution in [1.29, 1.82) is 0 Å². The van der Waals surface area contributed by atoms with E-state index in [1.54, 1.807) is 16.8 Å². The normalized spacial score (nSPS) is 14.4. The maximum Gasteiger partial charge on any atom is 0.416 e. The Bertz CT molecular complexity index is 630. The lowest BCUT2D eigenvalue weighted by atomic mass is 9.92. The predicted octanol–water partition coefficient (Wildman–Crippen LogP) is 2.36. The summed E-state index contributed by atoms with van der Waals surface area (Å²) in [6.45, 7) is 5.31. The van der Waals surface area contributed by atoms with Gasteiger partial charge in [0.15, 0.2) is 11.9 Å². The molecule has 5 nitrogen and oxygen atoms in total. The topological polar surface area (TPSA) is 62.5 Å². The number of hydrogen-bond acceptors (Lipinski definition) is 4. The van der Waals surface area contributed by atoms with Crippen molar-refractivity contribution in [3.8, 4) is 0 Å². The number of rotatable bonds is 3. The quantitative estimate of drug-likeness (QED) is 0.913. The van der Waals surface area contributed by atoms with Gasteiger partial charge in [0.05, 0.1) is 12.2 Å². The molecule has 0 saturated carbocycles. The molecule has 0 spiro atoms. The first-order valence-corrected chi connectivity index (χ1v) is 6.42. The molecule has 0 aliphatic heterocycles. The molecule has 1 atom stereocenters. The maximum atomic E-state index is 12.3. The van der Waals surface area contributed by atoms with E-state index in [1.165, 1.54) is 6.20 Å². The van der Waals surface area contributed by atoms with Gasteiger partial charge in [-0.25, -0.2) is 9.50 Å². The number of halogens is 3. The zero-order valence-corrected chi connectivity index (χ0v) is 11.9. The van der Waals surface area contributed by atoms with Crippen LogP contribution in [0.4, 0.5) is 19.0 Å². The van der Waals surface area contributed by atoms with Gasteiger partial charge in [-0.15, -0.1) is 0 Å². The van der Waals surface area contributed by atoms with Gasteiger partial charge in [-0.3, -0.25) is 0 Å². The molecule has 0 bridgehead atoms. The molecule has 2 rings (SSSR count). The van der Waals surface area contributed by atoms with Crippen LogP contribution >= 0.6 is 0 Å². The first-order valence-electron chi connectivity index (χ1n) is 6.42. The van der Waals surface area contributed by atoms with Gasteiger partial charge >= 0.3 is 6.18 Å².